The predicted octanol–water partition coefficient (Wildman–Crippen LogP) is 0.906. The van der Waals surface area contributed by atoms with Crippen LogP contribution in [0, 0.1) is 0 Å². The Balaban J connectivity index is 2.67. The largest absolute Gasteiger partial charge is 0.312 e. The average Bonchev–Trinajstić information content (AvgIpc) is 2.58. The Hall–Kier alpha value is -1.58. The smallest absolute Gasteiger partial charge is 0.276 e. The highest BCUT2D eigenvalue weighted by atomic mass is 16.1. The van der Waals surface area contributed by atoms with E-state index in [4.69, 9.17) is 0 Å². The molecule has 2 rings (SSSR count). The van der Waals surface area contributed by atoms with Crippen molar-refractivity contribution in [3.63, 3.8) is 0 Å². The van der Waals surface area contributed by atoms with Crippen LogP contribution in [-0.2, 0) is 6.54 Å². The lowest BCUT2D eigenvalue weighted by atomic mass is 10.4. The van der Waals surface area contributed by atoms with E-state index in [-0.39, 0.29) is 5.56 Å². The van der Waals surface area contributed by atoms with E-state index >= 15 is 0 Å². The van der Waals surface area contributed by atoms with Gasteiger partial charge in [-0.3, -0.25) is 4.79 Å². The van der Waals surface area contributed by atoms with Crippen molar-refractivity contribution in [1.82, 2.24) is 14.0 Å². The van der Waals surface area contributed by atoms with Crippen LogP contribution in [0.1, 0.15) is 13.3 Å². The van der Waals surface area contributed by atoms with Crippen LogP contribution in [0.15, 0.2) is 29.7 Å². The van der Waals surface area contributed by atoms with Gasteiger partial charge in [-0.05, 0) is 6.42 Å². The van der Waals surface area contributed by atoms with Crippen LogP contribution in [0.25, 0.3) is 5.52 Å². The van der Waals surface area contributed by atoms with Crippen molar-refractivity contribution >= 4 is 5.52 Å². The zero-order chi connectivity index (χ0) is 9.26. The Kier molecular flexibility index (Phi) is 1.88. The van der Waals surface area contributed by atoms with Gasteiger partial charge in [-0.1, -0.05) is 6.92 Å². The van der Waals surface area contributed by atoms with Gasteiger partial charge in [-0.25, -0.2) is 4.98 Å². The lowest BCUT2D eigenvalue weighted by molar-refractivity contribution is 0.652. The highest BCUT2D eigenvalue weighted by Crippen LogP contribution is 1.95. The van der Waals surface area contributed by atoms with Crippen LogP contribution < -0.4 is 5.56 Å². The summed E-state index contributed by atoms with van der Waals surface area (Å²) in [5.74, 6) is 0. The molecule has 2 heterocycles. The first-order valence-corrected chi connectivity index (χ1v) is 4.34. The summed E-state index contributed by atoms with van der Waals surface area (Å²) in [6.07, 6.45) is 7.83. The van der Waals surface area contributed by atoms with E-state index < -0.39 is 0 Å². The van der Waals surface area contributed by atoms with Gasteiger partial charge in [0.15, 0.2) is 0 Å². The van der Waals surface area contributed by atoms with Gasteiger partial charge in [0.25, 0.3) is 5.56 Å². The van der Waals surface area contributed by atoms with Crippen LogP contribution in [0.4, 0.5) is 0 Å². The molecule has 0 aromatic carbocycles. The molecule has 0 amide bonds. The van der Waals surface area contributed by atoms with Gasteiger partial charge >= 0.3 is 0 Å². The van der Waals surface area contributed by atoms with Crippen LogP contribution in [0.3, 0.4) is 0 Å². The summed E-state index contributed by atoms with van der Waals surface area (Å²) in [6, 6.07) is 0. The van der Waals surface area contributed by atoms with Gasteiger partial charge in [0, 0.05) is 18.9 Å². The van der Waals surface area contributed by atoms with E-state index in [0.29, 0.717) is 5.52 Å². The van der Waals surface area contributed by atoms with E-state index in [9.17, 15) is 4.79 Å². The van der Waals surface area contributed by atoms with Crippen molar-refractivity contribution < 1.29 is 0 Å². The Morgan fingerprint density at radius 2 is 2.31 bits per heavy atom. The highest BCUT2D eigenvalue weighted by Gasteiger charge is 2.00. The molecule has 0 spiro atoms. The molecule has 0 aliphatic heterocycles. The third kappa shape index (κ3) is 1.24. The van der Waals surface area contributed by atoms with Gasteiger partial charge in [-0.15, -0.1) is 0 Å². The first-order chi connectivity index (χ1) is 6.33. The minimum absolute atomic E-state index is 0.0295. The molecule has 0 N–H and O–H groups in total. The molecule has 0 bridgehead atoms. The van der Waals surface area contributed by atoms with Crippen molar-refractivity contribution in [2.45, 2.75) is 19.9 Å². The van der Waals surface area contributed by atoms with Gasteiger partial charge in [-0.2, -0.15) is 0 Å². The molecule has 4 heteroatoms. The minimum atomic E-state index is 0.0295. The number of fused-ring (bicyclic) bond motifs is 1. The zero-order valence-corrected chi connectivity index (χ0v) is 7.47. The second-order valence-corrected chi connectivity index (χ2v) is 2.98. The summed E-state index contributed by atoms with van der Waals surface area (Å²) in [5, 5.41) is 0. The molecule has 2 aromatic heterocycles. The fraction of sp³-hybridized carbons (Fsp3) is 0.333. The second-order valence-electron chi connectivity index (χ2n) is 2.98. The first-order valence-electron chi connectivity index (χ1n) is 4.34. The lowest BCUT2D eigenvalue weighted by Crippen LogP contribution is -2.20. The molecule has 0 atom stereocenters. The maximum atomic E-state index is 11.7. The maximum Gasteiger partial charge on any atom is 0.276 e. The highest BCUT2D eigenvalue weighted by molar-refractivity contribution is 5.41. The van der Waals surface area contributed by atoms with Crippen LogP contribution >= 0.6 is 0 Å². The van der Waals surface area contributed by atoms with Crippen molar-refractivity contribution in [2.75, 3.05) is 0 Å². The summed E-state index contributed by atoms with van der Waals surface area (Å²) in [7, 11) is 0. The van der Waals surface area contributed by atoms with E-state index in [1.165, 1.54) is 0 Å². The molecule has 68 valence electrons. The number of imidazole rings is 1. The van der Waals surface area contributed by atoms with E-state index in [0.717, 1.165) is 13.0 Å². The van der Waals surface area contributed by atoms with Gasteiger partial charge in [0.05, 0.1) is 12.5 Å². The second kappa shape index (κ2) is 3.05. The predicted molar refractivity (Wildman–Crippen MR) is 49.7 cm³/mol. The maximum absolute atomic E-state index is 11.7. The average molecular weight is 177 g/mol. The number of hydrogen-bond acceptors (Lipinski definition) is 2. The van der Waals surface area contributed by atoms with Crippen molar-refractivity contribution in [3.05, 3.63) is 35.3 Å². The van der Waals surface area contributed by atoms with Gasteiger partial charge in [0.1, 0.15) is 5.52 Å². The van der Waals surface area contributed by atoms with Gasteiger partial charge in [0.2, 0.25) is 0 Å². The molecule has 13 heavy (non-hydrogen) atoms. The van der Waals surface area contributed by atoms with Crippen LogP contribution in [-0.4, -0.2) is 14.0 Å². The third-order valence-electron chi connectivity index (χ3n) is 2.02. The molecule has 0 saturated heterocycles. The molecule has 0 aliphatic rings. The van der Waals surface area contributed by atoms with Crippen LogP contribution in [0.5, 0.6) is 0 Å². The molecular weight excluding hydrogens is 166 g/mol. The van der Waals surface area contributed by atoms with E-state index in [2.05, 4.69) is 4.98 Å². The number of aryl methyl sites for hydroxylation is 1. The number of nitrogens with zero attached hydrogens (tertiary/aromatic N) is 3. The fourth-order valence-electron chi connectivity index (χ4n) is 1.37. The normalized spacial score (nSPS) is 10.8. The van der Waals surface area contributed by atoms with E-state index in [1.807, 2.05) is 13.1 Å². The zero-order valence-electron chi connectivity index (χ0n) is 7.47. The molecule has 2 aromatic rings. The van der Waals surface area contributed by atoms with Crippen molar-refractivity contribution in [1.29, 1.82) is 0 Å². The first kappa shape index (κ1) is 8.04. The number of rotatable bonds is 2. The minimum Gasteiger partial charge on any atom is -0.312 e. The SMILES string of the molecule is CCCn1ccn2cncc2c1=O. The number of hydrogen-bond donors (Lipinski definition) is 0. The molecule has 0 aliphatic carbocycles. The summed E-state index contributed by atoms with van der Waals surface area (Å²) < 4.78 is 3.44. The standard InChI is InChI=1S/C9H11N3O/c1-2-3-11-4-5-12-7-10-6-8(12)9(11)13/h4-7H,2-3H2,1H3. The van der Waals surface area contributed by atoms with Crippen molar-refractivity contribution in [2.24, 2.45) is 0 Å². The van der Waals surface area contributed by atoms with Crippen LogP contribution in [0.2, 0.25) is 0 Å². The monoisotopic (exact) mass is 177 g/mol. The molecule has 4 nitrogen and oxygen atoms in total. The molecule has 0 saturated carbocycles. The van der Waals surface area contributed by atoms with E-state index in [1.54, 1.807) is 27.7 Å². The fourth-order valence-corrected chi connectivity index (χ4v) is 1.37. The Labute approximate surface area is 75.5 Å². The number of aromatic nitrogens is 3. The Bertz CT molecular complexity index is 469. The lowest BCUT2D eigenvalue weighted by Gasteiger charge is -2.02. The van der Waals surface area contributed by atoms with Crippen molar-refractivity contribution in [3.8, 4) is 0 Å². The molecular formula is C9H11N3O. The Morgan fingerprint density at radius 1 is 1.46 bits per heavy atom. The quantitative estimate of drug-likeness (QED) is 0.683. The molecule has 0 fully saturated rings. The summed E-state index contributed by atoms with van der Waals surface area (Å²) in [5.41, 5.74) is 0.665. The summed E-state index contributed by atoms with van der Waals surface area (Å²) in [6.45, 7) is 2.81. The summed E-state index contributed by atoms with van der Waals surface area (Å²) >= 11 is 0. The molecule has 0 unspecified atom stereocenters. The third-order valence-corrected chi connectivity index (χ3v) is 2.02. The van der Waals surface area contributed by atoms with Gasteiger partial charge < -0.3 is 8.97 Å². The molecule has 0 radical (unpaired) electrons. The topological polar surface area (TPSA) is 39.3 Å². The Morgan fingerprint density at radius 3 is 3.08 bits per heavy atom. The summed E-state index contributed by atoms with van der Waals surface area (Å²) in [4.78, 5) is 15.6.